The quantitative estimate of drug-likeness (QED) is 0.337. The van der Waals surface area contributed by atoms with E-state index < -0.39 is 0 Å². The van der Waals surface area contributed by atoms with Gasteiger partial charge in [-0.1, -0.05) is 24.3 Å². The molecule has 0 aliphatic rings. The number of aromatic hydroxyl groups is 2. The maximum Gasteiger partial charge on any atom is 0.124 e. The van der Waals surface area contributed by atoms with E-state index in [0.717, 1.165) is 28.1 Å². The highest BCUT2D eigenvalue weighted by Gasteiger charge is 2.06. The molecule has 2 N–H and O–H groups in total. The van der Waals surface area contributed by atoms with Gasteiger partial charge in [-0.15, -0.1) is 0 Å². The predicted octanol–water partition coefficient (Wildman–Crippen LogP) is 5.94. The van der Waals surface area contributed by atoms with Crippen LogP contribution in [0.2, 0.25) is 0 Å². The molecule has 0 radical (unpaired) electrons. The van der Waals surface area contributed by atoms with Crippen LogP contribution in [0, 0.1) is 0 Å². The van der Waals surface area contributed by atoms with Crippen molar-refractivity contribution in [2.45, 2.75) is 0 Å². The van der Waals surface area contributed by atoms with E-state index in [-0.39, 0.29) is 11.5 Å². The van der Waals surface area contributed by atoms with Crippen molar-refractivity contribution in [3.05, 3.63) is 108 Å². The van der Waals surface area contributed by atoms with Gasteiger partial charge < -0.3 is 10.2 Å². The molecule has 33 heavy (non-hydrogen) atoms. The second-order valence-electron chi connectivity index (χ2n) is 7.44. The van der Waals surface area contributed by atoms with Crippen molar-refractivity contribution >= 4 is 34.8 Å². The minimum absolute atomic E-state index is 0.194. The van der Waals surface area contributed by atoms with Gasteiger partial charge in [0.15, 0.2) is 0 Å². The van der Waals surface area contributed by atoms with E-state index in [1.54, 1.807) is 43.0 Å². The Kier molecular flexibility index (Phi) is 5.39. The summed E-state index contributed by atoms with van der Waals surface area (Å²) in [6, 6.07) is 27.7. The van der Waals surface area contributed by atoms with Gasteiger partial charge in [0.05, 0.1) is 22.4 Å². The molecule has 0 aliphatic carbocycles. The van der Waals surface area contributed by atoms with Crippen molar-refractivity contribution in [3.8, 4) is 17.2 Å². The number of phenols is 2. The maximum atomic E-state index is 9.89. The molecule has 0 bridgehead atoms. The van der Waals surface area contributed by atoms with Crippen LogP contribution in [-0.4, -0.2) is 32.2 Å². The molecular weight excluding hydrogens is 412 g/mol. The number of para-hydroxylation sites is 2. The molecule has 6 heteroatoms. The van der Waals surface area contributed by atoms with Crippen LogP contribution < -0.4 is 0 Å². The van der Waals surface area contributed by atoms with Crippen molar-refractivity contribution in [3.63, 3.8) is 0 Å². The summed E-state index contributed by atoms with van der Waals surface area (Å²) in [4.78, 5) is 13.4. The normalized spacial score (nSPS) is 11.6. The van der Waals surface area contributed by atoms with Gasteiger partial charge >= 0.3 is 0 Å². The lowest BCUT2D eigenvalue weighted by molar-refractivity contribution is 0.474. The van der Waals surface area contributed by atoms with Gasteiger partial charge in [-0.3, -0.25) is 14.6 Å². The number of nitrogens with zero attached hydrogens (tertiary/aromatic N) is 4. The number of aromatic nitrogens is 2. The van der Waals surface area contributed by atoms with Crippen LogP contribution in [0.15, 0.2) is 107 Å². The van der Waals surface area contributed by atoms with E-state index in [0.29, 0.717) is 11.1 Å². The molecule has 0 amide bonds. The van der Waals surface area contributed by atoms with Gasteiger partial charge in [0.2, 0.25) is 0 Å². The highest BCUT2D eigenvalue weighted by atomic mass is 16.3. The molecule has 0 saturated carbocycles. The van der Waals surface area contributed by atoms with Gasteiger partial charge in [0.1, 0.15) is 17.8 Å². The van der Waals surface area contributed by atoms with Crippen LogP contribution in [0.25, 0.3) is 16.7 Å². The predicted molar refractivity (Wildman–Crippen MR) is 132 cm³/mol. The molecule has 4 aromatic carbocycles. The second kappa shape index (κ2) is 8.80. The zero-order valence-corrected chi connectivity index (χ0v) is 17.6. The largest absolute Gasteiger partial charge is 0.507 e. The van der Waals surface area contributed by atoms with Crippen LogP contribution in [-0.2, 0) is 0 Å². The summed E-state index contributed by atoms with van der Waals surface area (Å²) in [6.45, 7) is 0. The van der Waals surface area contributed by atoms with Crippen LogP contribution >= 0.6 is 0 Å². The van der Waals surface area contributed by atoms with Crippen molar-refractivity contribution < 1.29 is 10.2 Å². The summed E-state index contributed by atoms with van der Waals surface area (Å²) in [7, 11) is 0. The summed E-state index contributed by atoms with van der Waals surface area (Å²) in [5.74, 6) is 0.395. The van der Waals surface area contributed by atoms with E-state index in [1.807, 2.05) is 71.3 Å². The molecular formula is C27H20N4O2. The number of aliphatic imine (C=N–C) groups is 2. The Labute approximate surface area is 190 Å². The highest BCUT2D eigenvalue weighted by Crippen LogP contribution is 2.25. The summed E-state index contributed by atoms with van der Waals surface area (Å²) in [5.41, 5.74) is 5.61. The van der Waals surface area contributed by atoms with E-state index in [1.165, 1.54) is 0 Å². The first-order chi connectivity index (χ1) is 16.2. The molecule has 5 aromatic rings. The van der Waals surface area contributed by atoms with E-state index in [4.69, 9.17) is 0 Å². The number of imidazole rings is 1. The number of rotatable bonds is 5. The van der Waals surface area contributed by atoms with Gasteiger partial charge in [0, 0.05) is 29.2 Å². The van der Waals surface area contributed by atoms with E-state index in [9.17, 15) is 10.2 Å². The Bertz CT molecular complexity index is 1480. The third kappa shape index (κ3) is 4.36. The lowest BCUT2D eigenvalue weighted by atomic mass is 10.2. The lowest BCUT2D eigenvalue weighted by Crippen LogP contribution is -1.91. The Morgan fingerprint density at radius 2 is 1.24 bits per heavy atom. The summed E-state index contributed by atoms with van der Waals surface area (Å²) >= 11 is 0. The first-order valence-electron chi connectivity index (χ1n) is 10.4. The second-order valence-corrected chi connectivity index (χ2v) is 7.44. The van der Waals surface area contributed by atoms with E-state index >= 15 is 0 Å². The molecule has 5 rings (SSSR count). The molecule has 0 fully saturated rings. The smallest absolute Gasteiger partial charge is 0.124 e. The maximum absolute atomic E-state index is 9.89. The van der Waals surface area contributed by atoms with Gasteiger partial charge in [0.25, 0.3) is 0 Å². The first-order valence-corrected chi connectivity index (χ1v) is 10.4. The number of benzene rings is 4. The third-order valence-electron chi connectivity index (χ3n) is 5.24. The van der Waals surface area contributed by atoms with Crippen molar-refractivity contribution in [1.82, 2.24) is 9.55 Å². The Morgan fingerprint density at radius 1 is 0.667 bits per heavy atom. The standard InChI is InChI=1S/C27H20N4O2/c32-26-7-3-1-5-19(26)16-28-21-9-12-23(13-10-21)31-18-30-24-15-22(11-14-25(24)31)29-17-20-6-2-4-8-27(20)33/h1-18,32-33H. The molecule has 0 aliphatic heterocycles. The fourth-order valence-electron chi connectivity index (χ4n) is 3.47. The molecule has 0 saturated heterocycles. The van der Waals surface area contributed by atoms with Gasteiger partial charge in [-0.05, 0) is 66.7 Å². The van der Waals surface area contributed by atoms with Gasteiger partial charge in [-0.2, -0.15) is 0 Å². The Hall–Kier alpha value is -4.71. The Balaban J connectivity index is 1.37. The van der Waals surface area contributed by atoms with Gasteiger partial charge in [-0.25, -0.2) is 4.98 Å². The Morgan fingerprint density at radius 3 is 1.88 bits per heavy atom. The fraction of sp³-hybridized carbons (Fsp3) is 0. The van der Waals surface area contributed by atoms with Crippen LogP contribution in [0.5, 0.6) is 11.5 Å². The van der Waals surface area contributed by atoms with Crippen LogP contribution in [0.3, 0.4) is 0 Å². The summed E-state index contributed by atoms with van der Waals surface area (Å²) < 4.78 is 2.00. The van der Waals surface area contributed by atoms with Crippen molar-refractivity contribution in [2.75, 3.05) is 0 Å². The highest BCUT2D eigenvalue weighted by molar-refractivity contribution is 5.87. The number of fused-ring (bicyclic) bond motifs is 1. The molecule has 1 heterocycles. The minimum Gasteiger partial charge on any atom is -0.507 e. The van der Waals surface area contributed by atoms with E-state index in [2.05, 4.69) is 15.0 Å². The lowest BCUT2D eigenvalue weighted by Gasteiger charge is -2.05. The molecule has 0 atom stereocenters. The average molecular weight is 432 g/mol. The molecule has 0 unspecified atom stereocenters. The molecule has 6 nitrogen and oxygen atoms in total. The zero-order valence-electron chi connectivity index (χ0n) is 17.6. The van der Waals surface area contributed by atoms with Crippen molar-refractivity contribution in [2.24, 2.45) is 9.98 Å². The van der Waals surface area contributed by atoms with Crippen LogP contribution in [0.4, 0.5) is 11.4 Å². The number of hydrogen-bond acceptors (Lipinski definition) is 5. The molecule has 1 aromatic heterocycles. The summed E-state index contributed by atoms with van der Waals surface area (Å²) in [5, 5.41) is 19.7. The minimum atomic E-state index is 0.194. The summed E-state index contributed by atoms with van der Waals surface area (Å²) in [6.07, 6.45) is 5.07. The molecule has 0 spiro atoms. The fourth-order valence-corrected chi connectivity index (χ4v) is 3.47. The number of phenolic OH excluding ortho intramolecular Hbond substituents is 2. The first kappa shape index (κ1) is 20.2. The zero-order chi connectivity index (χ0) is 22.6. The monoisotopic (exact) mass is 432 g/mol. The molecule has 160 valence electrons. The number of hydrogen-bond donors (Lipinski definition) is 2. The topological polar surface area (TPSA) is 83.0 Å². The SMILES string of the molecule is Oc1ccccc1C=Nc1ccc(-n2cnc3cc(N=Cc4ccccc4O)ccc32)cc1. The van der Waals surface area contributed by atoms with Crippen molar-refractivity contribution in [1.29, 1.82) is 0 Å². The van der Waals surface area contributed by atoms with Crippen LogP contribution in [0.1, 0.15) is 11.1 Å². The third-order valence-corrected chi connectivity index (χ3v) is 5.24. The average Bonchev–Trinajstić information content (AvgIpc) is 3.27.